The summed E-state index contributed by atoms with van der Waals surface area (Å²) in [6.07, 6.45) is 2.53. The summed E-state index contributed by atoms with van der Waals surface area (Å²) < 4.78 is 28.9. The second kappa shape index (κ2) is 11.4. The minimum Gasteiger partial charge on any atom is -0.357 e. The van der Waals surface area contributed by atoms with Crippen LogP contribution < -0.4 is 15.4 Å². The lowest BCUT2D eigenvalue weighted by Gasteiger charge is -2.12. The van der Waals surface area contributed by atoms with E-state index in [-0.39, 0.29) is 18.8 Å². The van der Waals surface area contributed by atoms with E-state index in [1.165, 1.54) is 0 Å². The monoisotopic (exact) mass is 407 g/mol. The number of nitrogens with one attached hydrogen (secondary N) is 3. The molecule has 10 heteroatoms. The highest BCUT2D eigenvalue weighted by atomic mass is 32.2. The molecule has 1 heterocycles. The van der Waals surface area contributed by atoms with Gasteiger partial charge < -0.3 is 15.2 Å². The van der Waals surface area contributed by atoms with E-state index >= 15 is 0 Å². The average Bonchev–Trinajstić information content (AvgIpc) is 3.15. The number of guanidine groups is 1. The zero-order valence-electron chi connectivity index (χ0n) is 16.4. The Morgan fingerprint density at radius 2 is 1.96 bits per heavy atom. The van der Waals surface area contributed by atoms with Crippen LogP contribution in [0.25, 0.3) is 0 Å². The largest absolute Gasteiger partial charge is 0.357 e. The molecule has 1 aromatic carbocycles. The van der Waals surface area contributed by atoms with Gasteiger partial charge in [-0.15, -0.1) is 10.2 Å². The molecule has 0 fully saturated rings. The molecule has 0 unspecified atom stereocenters. The van der Waals surface area contributed by atoms with E-state index in [9.17, 15) is 8.42 Å². The molecule has 0 bridgehead atoms. The van der Waals surface area contributed by atoms with Gasteiger partial charge in [0, 0.05) is 32.6 Å². The Hall–Kier alpha value is -2.46. The Morgan fingerprint density at radius 1 is 1.18 bits per heavy atom. The summed E-state index contributed by atoms with van der Waals surface area (Å²) in [6.45, 7) is 6.48. The summed E-state index contributed by atoms with van der Waals surface area (Å²) in [4.78, 5) is 4.35. The van der Waals surface area contributed by atoms with Gasteiger partial charge in [-0.2, -0.15) is 0 Å². The van der Waals surface area contributed by atoms with Crippen LogP contribution in [0.4, 0.5) is 0 Å². The number of sulfonamides is 1. The van der Waals surface area contributed by atoms with Crippen LogP contribution in [-0.4, -0.2) is 54.5 Å². The van der Waals surface area contributed by atoms with Crippen LogP contribution >= 0.6 is 0 Å². The first-order valence-corrected chi connectivity index (χ1v) is 11.1. The van der Waals surface area contributed by atoms with Gasteiger partial charge >= 0.3 is 0 Å². The van der Waals surface area contributed by atoms with Crippen molar-refractivity contribution >= 4 is 16.0 Å². The van der Waals surface area contributed by atoms with E-state index < -0.39 is 10.0 Å². The topological polar surface area (TPSA) is 113 Å². The molecule has 28 heavy (non-hydrogen) atoms. The summed E-state index contributed by atoms with van der Waals surface area (Å²) in [5.41, 5.74) is 0.921. The Balaban J connectivity index is 1.79. The van der Waals surface area contributed by atoms with Gasteiger partial charge in [0.2, 0.25) is 10.0 Å². The number of hydrogen-bond acceptors (Lipinski definition) is 5. The fourth-order valence-corrected chi connectivity index (χ4v) is 3.38. The molecular weight excluding hydrogens is 378 g/mol. The van der Waals surface area contributed by atoms with Gasteiger partial charge in [-0.25, -0.2) is 13.1 Å². The molecule has 0 spiro atoms. The maximum Gasteiger partial charge on any atom is 0.213 e. The van der Waals surface area contributed by atoms with Crippen LogP contribution in [0.2, 0.25) is 0 Å². The first kappa shape index (κ1) is 21.8. The van der Waals surface area contributed by atoms with Gasteiger partial charge in [0.05, 0.1) is 12.3 Å². The average molecular weight is 408 g/mol. The van der Waals surface area contributed by atoms with E-state index in [1.807, 2.05) is 48.7 Å². The zero-order chi connectivity index (χ0) is 20.2. The third kappa shape index (κ3) is 7.65. The quantitative estimate of drug-likeness (QED) is 0.370. The molecule has 154 valence electrons. The van der Waals surface area contributed by atoms with Gasteiger partial charge in [0.1, 0.15) is 12.2 Å². The molecule has 0 saturated carbocycles. The molecule has 2 aromatic rings. The minimum absolute atomic E-state index is 0.0676. The third-order valence-corrected chi connectivity index (χ3v) is 5.27. The summed E-state index contributed by atoms with van der Waals surface area (Å²) in [5.74, 6) is 1.45. The molecule has 0 aliphatic rings. The van der Waals surface area contributed by atoms with Crippen LogP contribution in [0.1, 0.15) is 25.2 Å². The fourth-order valence-electron chi connectivity index (χ4n) is 2.51. The zero-order valence-corrected chi connectivity index (χ0v) is 17.2. The van der Waals surface area contributed by atoms with Crippen molar-refractivity contribution in [3.05, 3.63) is 48.0 Å². The van der Waals surface area contributed by atoms with Crippen molar-refractivity contribution in [1.29, 1.82) is 0 Å². The smallest absolute Gasteiger partial charge is 0.213 e. The van der Waals surface area contributed by atoms with Gasteiger partial charge in [0.15, 0.2) is 5.96 Å². The lowest BCUT2D eigenvalue weighted by atomic mass is 10.2. The van der Waals surface area contributed by atoms with Crippen molar-refractivity contribution in [2.45, 2.75) is 33.4 Å². The third-order valence-electron chi connectivity index (χ3n) is 3.97. The number of aryl methyl sites for hydroxylation is 1. The number of aliphatic imine (C=N–C) groups is 1. The lowest BCUT2D eigenvalue weighted by molar-refractivity contribution is 0.581. The minimum atomic E-state index is -3.39. The molecule has 0 amide bonds. The normalized spacial score (nSPS) is 12.1. The molecule has 9 nitrogen and oxygen atoms in total. The highest BCUT2D eigenvalue weighted by molar-refractivity contribution is 7.89. The Labute approximate surface area is 166 Å². The van der Waals surface area contributed by atoms with Gasteiger partial charge in [-0.05, 0) is 12.5 Å². The number of rotatable bonds is 11. The van der Waals surface area contributed by atoms with Crippen LogP contribution in [0.15, 0.2) is 41.7 Å². The summed E-state index contributed by atoms with van der Waals surface area (Å²) >= 11 is 0. The Morgan fingerprint density at radius 3 is 2.68 bits per heavy atom. The molecular formula is C18H29N7O2S. The number of aromatic nitrogens is 3. The van der Waals surface area contributed by atoms with Gasteiger partial charge in [0.25, 0.3) is 0 Å². The van der Waals surface area contributed by atoms with Crippen LogP contribution in [0.5, 0.6) is 0 Å². The Bertz CT molecular complexity index is 835. The van der Waals surface area contributed by atoms with E-state index in [1.54, 1.807) is 6.33 Å². The molecule has 2 rings (SSSR count). The lowest BCUT2D eigenvalue weighted by Crippen LogP contribution is -2.39. The van der Waals surface area contributed by atoms with Crippen LogP contribution in [-0.2, 0) is 29.5 Å². The molecule has 0 saturated heterocycles. The molecule has 1 aromatic heterocycles. The molecule has 0 aliphatic heterocycles. The number of nitrogens with zero attached hydrogens (tertiary/aromatic N) is 4. The second-order valence-electron chi connectivity index (χ2n) is 6.11. The van der Waals surface area contributed by atoms with Crippen molar-refractivity contribution in [1.82, 2.24) is 30.1 Å². The maximum atomic E-state index is 12.1. The van der Waals surface area contributed by atoms with E-state index in [2.05, 4.69) is 30.5 Å². The van der Waals surface area contributed by atoms with Gasteiger partial charge in [-0.3, -0.25) is 4.99 Å². The predicted octanol–water partition coefficient (Wildman–Crippen LogP) is 0.515. The van der Waals surface area contributed by atoms with E-state index in [4.69, 9.17) is 0 Å². The van der Waals surface area contributed by atoms with Crippen molar-refractivity contribution < 1.29 is 8.42 Å². The summed E-state index contributed by atoms with van der Waals surface area (Å²) in [5, 5.41) is 14.3. The van der Waals surface area contributed by atoms with Crippen molar-refractivity contribution in [2.75, 3.05) is 25.4 Å². The highest BCUT2D eigenvalue weighted by Gasteiger charge is 2.09. The number of benzene rings is 1. The second-order valence-corrected chi connectivity index (χ2v) is 8.03. The molecule has 3 N–H and O–H groups in total. The molecule has 0 atom stereocenters. The first-order chi connectivity index (χ1) is 13.5. The maximum absolute atomic E-state index is 12.1. The first-order valence-electron chi connectivity index (χ1n) is 9.44. The van der Waals surface area contributed by atoms with Crippen molar-refractivity contribution in [3.8, 4) is 0 Å². The number of hydrogen-bond donors (Lipinski definition) is 3. The molecule has 0 aliphatic carbocycles. The van der Waals surface area contributed by atoms with Crippen molar-refractivity contribution in [2.24, 2.45) is 4.99 Å². The fraction of sp³-hybridized carbons (Fsp3) is 0.500. The SMILES string of the molecule is CCNC(=NCCS(=O)(=O)NCc1ccccc1)NCCn1cnnc1CC. The van der Waals surface area contributed by atoms with Crippen LogP contribution in [0.3, 0.4) is 0 Å². The Kier molecular flexibility index (Phi) is 8.89. The summed E-state index contributed by atoms with van der Waals surface area (Å²) in [6, 6.07) is 9.42. The van der Waals surface area contributed by atoms with E-state index in [0.717, 1.165) is 17.8 Å². The van der Waals surface area contributed by atoms with Gasteiger partial charge in [-0.1, -0.05) is 37.3 Å². The standard InChI is InChI=1S/C18H29N7O2S/c1-3-17-24-22-15-25(17)12-10-20-18(19-4-2)21-11-13-28(26,27)23-14-16-8-6-5-7-9-16/h5-9,15,23H,3-4,10-14H2,1-2H3,(H2,19,20,21). The molecule has 0 radical (unpaired) electrons. The summed E-state index contributed by atoms with van der Waals surface area (Å²) in [7, 11) is -3.39. The highest BCUT2D eigenvalue weighted by Crippen LogP contribution is 1.99. The van der Waals surface area contributed by atoms with Crippen LogP contribution in [0, 0.1) is 0 Å². The van der Waals surface area contributed by atoms with Crippen molar-refractivity contribution in [3.63, 3.8) is 0 Å². The van der Waals surface area contributed by atoms with E-state index in [0.29, 0.717) is 25.6 Å². The predicted molar refractivity (Wildman–Crippen MR) is 110 cm³/mol.